The van der Waals surface area contributed by atoms with Gasteiger partial charge in [-0.05, 0) is 43.5 Å². The average molecular weight is 311 g/mol. The van der Waals surface area contributed by atoms with Crippen LogP contribution in [0.15, 0.2) is 22.7 Å². The first-order valence-corrected chi connectivity index (χ1v) is 7.54. The maximum atomic E-state index is 3.59. The molecule has 2 nitrogen and oxygen atoms in total. The standard InChI is InChI=1S/C15H23BrN2/c1-10(2)15-8-17-12(4)9-18(15)13-5-6-14(16)11(3)7-13/h5-7,10,12,15,17H,8-9H2,1-4H3. The molecule has 0 spiro atoms. The van der Waals surface area contributed by atoms with Crippen LogP contribution in [0.3, 0.4) is 0 Å². The van der Waals surface area contributed by atoms with E-state index in [0.717, 1.165) is 13.1 Å². The van der Waals surface area contributed by atoms with E-state index in [1.165, 1.54) is 15.7 Å². The lowest BCUT2D eigenvalue weighted by Crippen LogP contribution is -2.57. The van der Waals surface area contributed by atoms with Gasteiger partial charge in [-0.15, -0.1) is 0 Å². The summed E-state index contributed by atoms with van der Waals surface area (Å²) < 4.78 is 1.19. The summed E-state index contributed by atoms with van der Waals surface area (Å²) in [6, 6.07) is 7.82. The van der Waals surface area contributed by atoms with E-state index in [4.69, 9.17) is 0 Å². The molecular weight excluding hydrogens is 288 g/mol. The number of aryl methyl sites for hydroxylation is 1. The molecule has 3 heteroatoms. The zero-order valence-electron chi connectivity index (χ0n) is 11.7. The summed E-state index contributed by atoms with van der Waals surface area (Å²) in [7, 11) is 0. The van der Waals surface area contributed by atoms with Crippen LogP contribution < -0.4 is 10.2 Å². The third kappa shape index (κ3) is 2.89. The van der Waals surface area contributed by atoms with Crippen molar-refractivity contribution in [3.63, 3.8) is 0 Å². The topological polar surface area (TPSA) is 15.3 Å². The molecule has 0 saturated carbocycles. The first-order chi connectivity index (χ1) is 8.49. The lowest BCUT2D eigenvalue weighted by molar-refractivity contribution is 0.349. The molecule has 1 saturated heterocycles. The summed E-state index contributed by atoms with van der Waals surface area (Å²) in [5.74, 6) is 0.661. The number of halogens is 1. The quantitative estimate of drug-likeness (QED) is 0.898. The highest BCUT2D eigenvalue weighted by Crippen LogP contribution is 2.27. The zero-order chi connectivity index (χ0) is 13.3. The van der Waals surface area contributed by atoms with E-state index in [0.29, 0.717) is 18.0 Å². The highest BCUT2D eigenvalue weighted by atomic mass is 79.9. The molecular formula is C15H23BrN2. The van der Waals surface area contributed by atoms with Gasteiger partial charge in [0.05, 0.1) is 0 Å². The maximum Gasteiger partial charge on any atom is 0.0438 e. The average Bonchev–Trinajstić information content (AvgIpc) is 2.32. The second kappa shape index (κ2) is 5.62. The van der Waals surface area contributed by atoms with Gasteiger partial charge in [-0.1, -0.05) is 29.8 Å². The lowest BCUT2D eigenvalue weighted by atomic mass is 9.97. The minimum atomic E-state index is 0.559. The highest BCUT2D eigenvalue weighted by molar-refractivity contribution is 9.10. The van der Waals surface area contributed by atoms with Gasteiger partial charge < -0.3 is 10.2 Å². The van der Waals surface area contributed by atoms with E-state index in [2.05, 4.69) is 72.0 Å². The molecule has 0 radical (unpaired) electrons. The van der Waals surface area contributed by atoms with Crippen molar-refractivity contribution in [2.24, 2.45) is 5.92 Å². The highest BCUT2D eigenvalue weighted by Gasteiger charge is 2.28. The van der Waals surface area contributed by atoms with Crippen LogP contribution in [-0.2, 0) is 0 Å². The fraction of sp³-hybridized carbons (Fsp3) is 0.600. The van der Waals surface area contributed by atoms with Crippen molar-refractivity contribution in [3.8, 4) is 0 Å². The molecule has 1 aromatic carbocycles. The van der Waals surface area contributed by atoms with E-state index < -0.39 is 0 Å². The van der Waals surface area contributed by atoms with Crippen LogP contribution in [0.5, 0.6) is 0 Å². The van der Waals surface area contributed by atoms with Gasteiger partial charge in [-0.3, -0.25) is 0 Å². The minimum absolute atomic E-state index is 0.559. The number of piperazine rings is 1. The molecule has 1 aliphatic heterocycles. The van der Waals surface area contributed by atoms with E-state index in [1.807, 2.05) is 0 Å². The van der Waals surface area contributed by atoms with Crippen molar-refractivity contribution < 1.29 is 0 Å². The van der Waals surface area contributed by atoms with Crippen LogP contribution >= 0.6 is 15.9 Å². The molecule has 2 rings (SSSR count). The summed E-state index contributed by atoms with van der Waals surface area (Å²) in [6.45, 7) is 11.2. The number of anilines is 1. The van der Waals surface area contributed by atoms with Gasteiger partial charge >= 0.3 is 0 Å². The van der Waals surface area contributed by atoms with Gasteiger partial charge in [-0.2, -0.15) is 0 Å². The van der Waals surface area contributed by atoms with Gasteiger partial charge in [-0.25, -0.2) is 0 Å². The second-order valence-electron chi connectivity index (χ2n) is 5.71. The Bertz CT molecular complexity index is 417. The number of rotatable bonds is 2. The van der Waals surface area contributed by atoms with Gasteiger partial charge in [0, 0.05) is 35.3 Å². The van der Waals surface area contributed by atoms with Gasteiger partial charge in [0.25, 0.3) is 0 Å². The summed E-state index contributed by atoms with van der Waals surface area (Å²) in [6.07, 6.45) is 0. The Morgan fingerprint density at radius 1 is 1.39 bits per heavy atom. The Balaban J connectivity index is 2.29. The largest absolute Gasteiger partial charge is 0.365 e. The number of hydrogen-bond acceptors (Lipinski definition) is 2. The Morgan fingerprint density at radius 2 is 2.11 bits per heavy atom. The molecule has 0 aromatic heterocycles. The van der Waals surface area contributed by atoms with E-state index in [9.17, 15) is 0 Å². The number of nitrogens with zero attached hydrogens (tertiary/aromatic N) is 1. The summed E-state index contributed by atoms with van der Waals surface area (Å²) in [4.78, 5) is 2.56. The van der Waals surface area contributed by atoms with Crippen molar-refractivity contribution in [2.75, 3.05) is 18.0 Å². The van der Waals surface area contributed by atoms with Crippen LogP contribution in [0.2, 0.25) is 0 Å². The molecule has 1 fully saturated rings. The summed E-state index contributed by atoms with van der Waals surface area (Å²) in [5.41, 5.74) is 2.66. The maximum absolute atomic E-state index is 3.59. The molecule has 0 amide bonds. The van der Waals surface area contributed by atoms with E-state index >= 15 is 0 Å². The predicted molar refractivity (Wildman–Crippen MR) is 82.3 cm³/mol. The molecule has 1 N–H and O–H groups in total. The van der Waals surface area contributed by atoms with Crippen molar-refractivity contribution in [1.29, 1.82) is 0 Å². The molecule has 2 atom stereocenters. The fourth-order valence-electron chi connectivity index (χ4n) is 2.63. The van der Waals surface area contributed by atoms with Crippen molar-refractivity contribution in [1.82, 2.24) is 5.32 Å². The van der Waals surface area contributed by atoms with Crippen LogP contribution in [-0.4, -0.2) is 25.2 Å². The summed E-state index contributed by atoms with van der Waals surface area (Å²) >= 11 is 3.58. The Labute approximate surface area is 119 Å². The zero-order valence-corrected chi connectivity index (χ0v) is 13.3. The third-order valence-electron chi connectivity index (χ3n) is 3.79. The third-order valence-corrected chi connectivity index (χ3v) is 4.68. The van der Waals surface area contributed by atoms with E-state index in [1.54, 1.807) is 0 Å². The second-order valence-corrected chi connectivity index (χ2v) is 6.56. The van der Waals surface area contributed by atoms with Crippen LogP contribution in [0, 0.1) is 12.8 Å². The van der Waals surface area contributed by atoms with Gasteiger partial charge in [0.1, 0.15) is 0 Å². The smallest absolute Gasteiger partial charge is 0.0438 e. The normalized spacial score (nSPS) is 24.7. The molecule has 0 aliphatic carbocycles. The van der Waals surface area contributed by atoms with E-state index in [-0.39, 0.29) is 0 Å². The molecule has 1 heterocycles. The van der Waals surface area contributed by atoms with Crippen LogP contribution in [0.1, 0.15) is 26.3 Å². The van der Waals surface area contributed by atoms with Gasteiger partial charge in [0.2, 0.25) is 0 Å². The Kier molecular flexibility index (Phi) is 4.33. The SMILES string of the molecule is Cc1cc(N2CC(C)NCC2C(C)C)ccc1Br. The first-order valence-electron chi connectivity index (χ1n) is 6.75. The monoisotopic (exact) mass is 310 g/mol. The molecule has 2 unspecified atom stereocenters. The number of nitrogens with one attached hydrogen (secondary N) is 1. The van der Waals surface area contributed by atoms with Crippen LogP contribution in [0.4, 0.5) is 5.69 Å². The summed E-state index contributed by atoms with van der Waals surface area (Å²) in [5, 5.41) is 3.59. The fourth-order valence-corrected chi connectivity index (χ4v) is 2.87. The number of hydrogen-bond donors (Lipinski definition) is 1. The molecule has 0 bridgehead atoms. The number of benzene rings is 1. The minimum Gasteiger partial charge on any atom is -0.365 e. The van der Waals surface area contributed by atoms with Crippen molar-refractivity contribution in [2.45, 2.75) is 39.8 Å². The molecule has 1 aliphatic rings. The Morgan fingerprint density at radius 3 is 2.72 bits per heavy atom. The molecule has 100 valence electrons. The van der Waals surface area contributed by atoms with Crippen LogP contribution in [0.25, 0.3) is 0 Å². The predicted octanol–water partition coefficient (Wildman–Crippen LogP) is 3.58. The Hall–Kier alpha value is -0.540. The van der Waals surface area contributed by atoms with Crippen molar-refractivity contribution in [3.05, 3.63) is 28.2 Å². The first kappa shape index (κ1) is 13.9. The molecule has 18 heavy (non-hydrogen) atoms. The van der Waals surface area contributed by atoms with Crippen molar-refractivity contribution >= 4 is 21.6 Å². The molecule has 1 aromatic rings. The van der Waals surface area contributed by atoms with Gasteiger partial charge in [0.15, 0.2) is 0 Å². The lowest BCUT2D eigenvalue weighted by Gasteiger charge is -2.43.